The predicted molar refractivity (Wildman–Crippen MR) is 79.9 cm³/mol. The van der Waals surface area contributed by atoms with Crippen LogP contribution in [-0.2, 0) is 0 Å². The Hall–Kier alpha value is -1.69. The lowest BCUT2D eigenvalue weighted by atomic mass is 10.1. The molecular formula is C15H16F2N2OS. The summed E-state index contributed by atoms with van der Waals surface area (Å²) in [6.45, 7) is 4.07. The van der Waals surface area contributed by atoms with Crippen LogP contribution in [0.3, 0.4) is 0 Å². The number of nitrogens with zero attached hydrogens (tertiary/aromatic N) is 2. The molecule has 3 nitrogen and oxygen atoms in total. The minimum Gasteiger partial charge on any atom is -0.298 e. The van der Waals surface area contributed by atoms with Crippen LogP contribution < -0.4 is 0 Å². The van der Waals surface area contributed by atoms with Crippen LogP contribution in [0.2, 0.25) is 0 Å². The zero-order valence-corrected chi connectivity index (χ0v) is 12.6. The highest BCUT2D eigenvalue weighted by atomic mass is 32.2. The Morgan fingerprint density at radius 3 is 2.52 bits per heavy atom. The Morgan fingerprint density at radius 2 is 2.00 bits per heavy atom. The van der Waals surface area contributed by atoms with Gasteiger partial charge in [-0.1, -0.05) is 30.8 Å². The van der Waals surface area contributed by atoms with Crippen LogP contribution in [0, 0.1) is 0 Å². The van der Waals surface area contributed by atoms with Gasteiger partial charge in [-0.25, -0.2) is 0 Å². The van der Waals surface area contributed by atoms with Gasteiger partial charge in [0.25, 0.3) is 5.76 Å². The van der Waals surface area contributed by atoms with Gasteiger partial charge in [-0.2, -0.15) is 13.9 Å². The molecule has 1 atom stereocenters. The van der Waals surface area contributed by atoms with Crippen molar-refractivity contribution in [3.63, 3.8) is 0 Å². The Balaban J connectivity index is 2.32. The molecule has 112 valence electrons. The number of aromatic nitrogens is 2. The summed E-state index contributed by atoms with van der Waals surface area (Å²) in [5.74, 6) is -2.44. The van der Waals surface area contributed by atoms with E-state index in [1.807, 2.05) is 13.8 Å². The number of hydrogen-bond acceptors (Lipinski definition) is 3. The molecule has 0 radical (unpaired) electrons. The first-order chi connectivity index (χ1) is 10.0. The normalized spacial score (nSPS) is 12.6. The molecule has 1 heterocycles. The highest BCUT2D eigenvalue weighted by Gasteiger charge is 2.13. The lowest BCUT2D eigenvalue weighted by Gasteiger charge is -2.08. The van der Waals surface area contributed by atoms with E-state index in [-0.39, 0.29) is 6.04 Å². The Kier molecular flexibility index (Phi) is 5.12. The Labute approximate surface area is 126 Å². The number of carbonyl (C=O) groups excluding carboxylic acids is 1. The molecule has 1 unspecified atom stereocenters. The molecule has 2 rings (SSSR count). The first-order valence-corrected chi connectivity index (χ1v) is 7.52. The van der Waals surface area contributed by atoms with Crippen molar-refractivity contribution >= 4 is 18.0 Å². The van der Waals surface area contributed by atoms with E-state index in [2.05, 4.69) is 5.10 Å². The maximum Gasteiger partial charge on any atom is 0.288 e. The number of aldehydes is 1. The summed E-state index contributed by atoms with van der Waals surface area (Å²) in [4.78, 5) is 11.7. The second-order valence-corrected chi connectivity index (χ2v) is 5.75. The van der Waals surface area contributed by atoms with Crippen molar-refractivity contribution in [1.82, 2.24) is 9.78 Å². The summed E-state index contributed by atoms with van der Waals surface area (Å²) in [6, 6.07) is 6.85. The van der Waals surface area contributed by atoms with E-state index in [0.29, 0.717) is 27.9 Å². The minimum atomic E-state index is -2.44. The van der Waals surface area contributed by atoms with Crippen LogP contribution in [-0.4, -0.2) is 21.8 Å². The number of halogens is 2. The third-order valence-electron chi connectivity index (χ3n) is 3.28. The summed E-state index contributed by atoms with van der Waals surface area (Å²) >= 11 is 0.498. The standard InChI is InChI=1S/C15H16F2N2OS/c1-3-10(2)19-8-12(9-20)14(18-19)11-4-6-13(7-5-11)21-15(16)17/h4-10,15H,3H2,1-2H3. The van der Waals surface area contributed by atoms with Crippen molar-refractivity contribution in [1.29, 1.82) is 0 Å². The quantitative estimate of drug-likeness (QED) is 0.575. The molecule has 21 heavy (non-hydrogen) atoms. The Bertz CT molecular complexity index is 611. The van der Waals surface area contributed by atoms with Crippen molar-refractivity contribution in [2.45, 2.75) is 37.0 Å². The van der Waals surface area contributed by atoms with Gasteiger partial charge in [0.1, 0.15) is 5.69 Å². The van der Waals surface area contributed by atoms with E-state index < -0.39 is 5.76 Å². The monoisotopic (exact) mass is 310 g/mol. The van der Waals surface area contributed by atoms with Crippen LogP contribution in [0.1, 0.15) is 36.7 Å². The van der Waals surface area contributed by atoms with E-state index in [9.17, 15) is 13.6 Å². The average Bonchev–Trinajstić information content (AvgIpc) is 2.91. The molecular weight excluding hydrogens is 294 g/mol. The molecule has 0 aliphatic rings. The van der Waals surface area contributed by atoms with Crippen LogP contribution in [0.5, 0.6) is 0 Å². The van der Waals surface area contributed by atoms with E-state index in [1.54, 1.807) is 35.1 Å². The van der Waals surface area contributed by atoms with E-state index in [1.165, 1.54) is 0 Å². The topological polar surface area (TPSA) is 34.9 Å². The maximum absolute atomic E-state index is 12.3. The first kappa shape index (κ1) is 15.7. The average molecular weight is 310 g/mol. The van der Waals surface area contributed by atoms with Gasteiger partial charge < -0.3 is 0 Å². The molecule has 0 N–H and O–H groups in total. The molecule has 1 aromatic carbocycles. The summed E-state index contributed by atoms with van der Waals surface area (Å²) in [5.41, 5.74) is 1.83. The largest absolute Gasteiger partial charge is 0.298 e. The van der Waals surface area contributed by atoms with Gasteiger partial charge in [-0.3, -0.25) is 9.48 Å². The van der Waals surface area contributed by atoms with Crippen molar-refractivity contribution in [2.75, 3.05) is 0 Å². The summed E-state index contributed by atoms with van der Waals surface area (Å²) in [7, 11) is 0. The summed E-state index contributed by atoms with van der Waals surface area (Å²) < 4.78 is 26.4. The van der Waals surface area contributed by atoms with Crippen LogP contribution in [0.25, 0.3) is 11.3 Å². The summed E-state index contributed by atoms with van der Waals surface area (Å²) in [5, 5.41) is 4.44. The number of carbonyl (C=O) groups is 1. The molecule has 2 aromatic rings. The fraction of sp³-hybridized carbons (Fsp3) is 0.333. The molecule has 0 aliphatic heterocycles. The molecule has 6 heteroatoms. The van der Waals surface area contributed by atoms with Gasteiger partial charge in [0, 0.05) is 22.7 Å². The summed E-state index contributed by atoms with van der Waals surface area (Å²) in [6.07, 6.45) is 3.39. The first-order valence-electron chi connectivity index (χ1n) is 6.64. The van der Waals surface area contributed by atoms with Gasteiger partial charge in [-0.05, 0) is 25.5 Å². The number of benzene rings is 1. The number of hydrogen-bond donors (Lipinski definition) is 0. The Morgan fingerprint density at radius 1 is 1.33 bits per heavy atom. The molecule has 0 saturated carbocycles. The maximum atomic E-state index is 12.3. The molecule has 0 amide bonds. The van der Waals surface area contributed by atoms with Crippen LogP contribution >= 0.6 is 11.8 Å². The molecule has 0 fully saturated rings. The fourth-order valence-electron chi connectivity index (χ4n) is 1.92. The zero-order valence-electron chi connectivity index (χ0n) is 11.8. The van der Waals surface area contributed by atoms with Gasteiger partial charge in [0.15, 0.2) is 6.29 Å². The van der Waals surface area contributed by atoms with Crippen molar-refractivity contribution in [3.8, 4) is 11.3 Å². The highest BCUT2D eigenvalue weighted by Crippen LogP contribution is 2.29. The SMILES string of the molecule is CCC(C)n1cc(C=O)c(-c2ccc(SC(F)F)cc2)n1. The molecule has 1 aromatic heterocycles. The molecule has 0 aliphatic carbocycles. The molecule has 0 bridgehead atoms. The van der Waals surface area contributed by atoms with E-state index in [4.69, 9.17) is 0 Å². The molecule has 0 spiro atoms. The fourth-order valence-corrected chi connectivity index (χ4v) is 2.42. The zero-order chi connectivity index (χ0) is 15.4. The van der Waals surface area contributed by atoms with Crippen molar-refractivity contribution in [3.05, 3.63) is 36.0 Å². The minimum absolute atomic E-state index is 0.200. The van der Waals surface area contributed by atoms with Gasteiger partial charge in [0.05, 0.1) is 5.56 Å². The van der Waals surface area contributed by atoms with Crippen LogP contribution in [0.4, 0.5) is 8.78 Å². The number of thioether (sulfide) groups is 1. The smallest absolute Gasteiger partial charge is 0.288 e. The highest BCUT2D eigenvalue weighted by molar-refractivity contribution is 7.99. The number of alkyl halides is 2. The predicted octanol–water partition coefficient (Wildman–Crippen LogP) is 4.65. The van der Waals surface area contributed by atoms with E-state index >= 15 is 0 Å². The third kappa shape index (κ3) is 3.69. The second kappa shape index (κ2) is 6.85. The van der Waals surface area contributed by atoms with Crippen LogP contribution in [0.15, 0.2) is 35.4 Å². The van der Waals surface area contributed by atoms with Gasteiger partial charge in [-0.15, -0.1) is 0 Å². The van der Waals surface area contributed by atoms with E-state index in [0.717, 1.165) is 18.3 Å². The van der Waals surface area contributed by atoms with Gasteiger partial charge in [0.2, 0.25) is 0 Å². The number of rotatable bonds is 6. The van der Waals surface area contributed by atoms with Crippen molar-refractivity contribution < 1.29 is 13.6 Å². The van der Waals surface area contributed by atoms with Gasteiger partial charge >= 0.3 is 0 Å². The molecule has 0 saturated heterocycles. The third-order valence-corrected chi connectivity index (χ3v) is 4.01. The second-order valence-electron chi connectivity index (χ2n) is 4.69. The lowest BCUT2D eigenvalue weighted by Crippen LogP contribution is -2.04. The lowest BCUT2D eigenvalue weighted by molar-refractivity contribution is 0.112. The van der Waals surface area contributed by atoms with Crippen molar-refractivity contribution in [2.24, 2.45) is 0 Å².